The van der Waals surface area contributed by atoms with Gasteiger partial charge in [-0.25, -0.2) is 9.97 Å². The van der Waals surface area contributed by atoms with Gasteiger partial charge in [0.05, 0.1) is 16.9 Å². The van der Waals surface area contributed by atoms with Crippen molar-refractivity contribution in [2.75, 3.05) is 23.4 Å². The van der Waals surface area contributed by atoms with Crippen LogP contribution in [0.5, 0.6) is 0 Å². The Kier molecular flexibility index (Phi) is 6.18. The number of thioether (sulfide) groups is 1. The van der Waals surface area contributed by atoms with E-state index in [1.807, 2.05) is 6.92 Å². The lowest BCUT2D eigenvalue weighted by Gasteiger charge is -2.17. The van der Waals surface area contributed by atoms with Crippen LogP contribution in [-0.4, -0.2) is 28.7 Å². The Morgan fingerprint density at radius 1 is 1.36 bits per heavy atom. The largest absolute Gasteiger partial charge is 0.418 e. The van der Waals surface area contributed by atoms with E-state index in [0.717, 1.165) is 11.8 Å². The van der Waals surface area contributed by atoms with Crippen LogP contribution in [-0.2, 0) is 6.18 Å². The summed E-state index contributed by atoms with van der Waals surface area (Å²) < 4.78 is 41.3. The predicted molar refractivity (Wildman–Crippen MR) is 107 cm³/mol. The molecule has 5 nitrogen and oxygen atoms in total. The molecule has 0 bridgehead atoms. The van der Waals surface area contributed by atoms with E-state index in [1.165, 1.54) is 18.0 Å². The molecule has 2 aromatic heterocycles. The van der Waals surface area contributed by atoms with Crippen LogP contribution in [0.1, 0.15) is 47.4 Å². The lowest BCUT2D eigenvalue weighted by molar-refractivity contribution is -0.138. The first kappa shape index (κ1) is 20.9. The molecule has 1 aliphatic carbocycles. The number of carbonyl (C=O) groups excluding carboxylic acids is 1. The van der Waals surface area contributed by atoms with Crippen molar-refractivity contribution in [3.63, 3.8) is 0 Å². The van der Waals surface area contributed by atoms with Gasteiger partial charge in [-0.1, -0.05) is 6.92 Å². The fourth-order valence-electron chi connectivity index (χ4n) is 2.75. The summed E-state index contributed by atoms with van der Waals surface area (Å²) in [7, 11) is 1.55. The summed E-state index contributed by atoms with van der Waals surface area (Å²) in [6.07, 6.45) is -1.70. The molecule has 28 heavy (non-hydrogen) atoms. The molecule has 0 spiro atoms. The van der Waals surface area contributed by atoms with E-state index in [9.17, 15) is 18.0 Å². The van der Waals surface area contributed by atoms with Crippen LogP contribution in [0.25, 0.3) is 0 Å². The van der Waals surface area contributed by atoms with Crippen molar-refractivity contribution >= 4 is 45.1 Å². The Hall–Kier alpha value is -1.81. The van der Waals surface area contributed by atoms with Gasteiger partial charge in [-0.2, -0.15) is 13.2 Å². The van der Waals surface area contributed by atoms with Gasteiger partial charge in [-0.05, 0) is 46.7 Å². The Morgan fingerprint density at radius 2 is 2.07 bits per heavy atom. The molecule has 1 amide bonds. The van der Waals surface area contributed by atoms with E-state index < -0.39 is 17.6 Å². The van der Waals surface area contributed by atoms with Gasteiger partial charge in [0, 0.05) is 28.5 Å². The van der Waals surface area contributed by atoms with E-state index >= 15 is 0 Å². The van der Waals surface area contributed by atoms with Crippen LogP contribution >= 0.6 is 27.7 Å². The van der Waals surface area contributed by atoms with Gasteiger partial charge in [0.2, 0.25) is 0 Å². The molecular formula is C18H18BrF3N4OS. The van der Waals surface area contributed by atoms with Crippen molar-refractivity contribution in [2.45, 2.75) is 36.8 Å². The molecule has 150 valence electrons. The number of halogens is 4. The molecule has 0 aliphatic heterocycles. The number of nitrogens with one attached hydrogen (secondary N) is 2. The fraction of sp³-hybridized carbons (Fsp3) is 0.389. The highest BCUT2D eigenvalue weighted by Crippen LogP contribution is 2.46. The van der Waals surface area contributed by atoms with Crippen molar-refractivity contribution in [1.82, 2.24) is 9.97 Å². The van der Waals surface area contributed by atoms with E-state index in [2.05, 4.69) is 36.5 Å². The van der Waals surface area contributed by atoms with Gasteiger partial charge in [-0.15, -0.1) is 11.8 Å². The average Bonchev–Trinajstić information content (AvgIpc) is 3.46. The zero-order valence-corrected chi connectivity index (χ0v) is 17.6. The number of hydrogen-bond acceptors (Lipinski definition) is 5. The smallest absolute Gasteiger partial charge is 0.371 e. The number of alkyl halides is 3. The van der Waals surface area contributed by atoms with Gasteiger partial charge in [0.25, 0.3) is 5.91 Å². The van der Waals surface area contributed by atoms with Crippen LogP contribution in [0.15, 0.2) is 27.7 Å². The number of amides is 1. The summed E-state index contributed by atoms with van der Waals surface area (Å²) in [4.78, 5) is 21.7. The Labute approximate surface area is 173 Å². The van der Waals surface area contributed by atoms with Crippen molar-refractivity contribution in [2.24, 2.45) is 0 Å². The Morgan fingerprint density at radius 3 is 2.64 bits per heavy atom. The number of aromatic nitrogens is 2. The fourth-order valence-corrected chi connectivity index (χ4v) is 4.03. The van der Waals surface area contributed by atoms with Crippen LogP contribution in [0.3, 0.4) is 0 Å². The minimum absolute atomic E-state index is 0.0265. The quantitative estimate of drug-likeness (QED) is 0.537. The van der Waals surface area contributed by atoms with Gasteiger partial charge < -0.3 is 10.6 Å². The molecule has 0 unspecified atom stereocenters. The number of nitrogens with zero attached hydrogens (tertiary/aromatic N) is 2. The number of anilines is 2. The summed E-state index contributed by atoms with van der Waals surface area (Å²) in [5.74, 6) is 0.143. The standard InChI is InChI=1S/C18H18BrF3N4OS/c1-3-28-13-6-10(19)8-24-15(13)17(27)25-12-7-11(18(20,21)22)14(9-4-5-9)26-16(12)23-2/h6-9H,3-5H2,1-2H3,(H,23,26)(H,25,27). The highest BCUT2D eigenvalue weighted by Gasteiger charge is 2.40. The van der Waals surface area contributed by atoms with Gasteiger partial charge in [0.1, 0.15) is 11.5 Å². The summed E-state index contributed by atoms with van der Waals surface area (Å²) >= 11 is 4.73. The second-order valence-corrected chi connectivity index (χ2v) is 8.45. The van der Waals surface area contributed by atoms with Crippen LogP contribution in [0.4, 0.5) is 24.7 Å². The second-order valence-electron chi connectivity index (χ2n) is 6.23. The van der Waals surface area contributed by atoms with Gasteiger partial charge in [-0.3, -0.25) is 4.79 Å². The minimum Gasteiger partial charge on any atom is -0.371 e. The highest BCUT2D eigenvalue weighted by molar-refractivity contribution is 9.10. The first-order valence-electron chi connectivity index (χ1n) is 8.64. The maximum atomic E-state index is 13.5. The molecule has 1 fully saturated rings. The summed E-state index contributed by atoms with van der Waals surface area (Å²) in [6, 6.07) is 2.71. The van der Waals surface area contributed by atoms with E-state index in [1.54, 1.807) is 13.1 Å². The number of pyridine rings is 2. The van der Waals surface area contributed by atoms with Gasteiger partial charge >= 0.3 is 6.18 Å². The molecule has 2 heterocycles. The molecule has 0 radical (unpaired) electrons. The maximum Gasteiger partial charge on any atom is 0.418 e. The van der Waals surface area contributed by atoms with Crippen molar-refractivity contribution in [3.8, 4) is 0 Å². The van der Waals surface area contributed by atoms with Crippen LogP contribution in [0.2, 0.25) is 0 Å². The lowest BCUT2D eigenvalue weighted by atomic mass is 10.1. The normalized spacial score (nSPS) is 14.1. The molecular weight excluding hydrogens is 457 g/mol. The Bertz CT molecular complexity index is 903. The minimum atomic E-state index is -4.55. The number of carbonyl (C=O) groups is 1. The van der Waals surface area contributed by atoms with Crippen molar-refractivity contribution in [3.05, 3.63) is 39.8 Å². The Balaban J connectivity index is 1.99. The third-order valence-corrected chi connectivity index (χ3v) is 5.49. The third-order valence-electron chi connectivity index (χ3n) is 4.14. The molecule has 10 heteroatoms. The van der Waals surface area contributed by atoms with E-state index in [0.29, 0.717) is 22.2 Å². The SMILES string of the molecule is CCSc1cc(Br)cnc1C(=O)Nc1cc(C(F)(F)F)c(C2CC2)nc1NC. The van der Waals surface area contributed by atoms with Crippen molar-refractivity contribution in [1.29, 1.82) is 0 Å². The second kappa shape index (κ2) is 8.28. The zero-order chi connectivity index (χ0) is 20.5. The summed E-state index contributed by atoms with van der Waals surface area (Å²) in [5, 5.41) is 5.32. The molecule has 1 saturated carbocycles. The lowest BCUT2D eigenvalue weighted by Crippen LogP contribution is -2.19. The first-order chi connectivity index (χ1) is 13.2. The van der Waals surface area contributed by atoms with E-state index in [4.69, 9.17) is 0 Å². The molecule has 2 aromatic rings. The zero-order valence-electron chi connectivity index (χ0n) is 15.2. The molecule has 0 atom stereocenters. The maximum absolute atomic E-state index is 13.5. The van der Waals surface area contributed by atoms with Crippen LogP contribution in [0, 0.1) is 0 Å². The topological polar surface area (TPSA) is 66.9 Å². The van der Waals surface area contributed by atoms with Crippen molar-refractivity contribution < 1.29 is 18.0 Å². The van der Waals surface area contributed by atoms with E-state index in [-0.39, 0.29) is 28.8 Å². The van der Waals surface area contributed by atoms with Gasteiger partial charge in [0.15, 0.2) is 0 Å². The van der Waals surface area contributed by atoms with Crippen LogP contribution < -0.4 is 10.6 Å². The average molecular weight is 475 g/mol. The number of rotatable bonds is 6. The highest BCUT2D eigenvalue weighted by atomic mass is 79.9. The third kappa shape index (κ3) is 4.60. The molecule has 0 saturated heterocycles. The first-order valence-corrected chi connectivity index (χ1v) is 10.4. The molecule has 0 aromatic carbocycles. The predicted octanol–water partition coefficient (Wildman–Crippen LogP) is 5.54. The summed E-state index contributed by atoms with van der Waals surface area (Å²) in [5.41, 5.74) is -0.659. The monoisotopic (exact) mass is 474 g/mol. The molecule has 2 N–H and O–H groups in total. The molecule has 3 rings (SSSR count). The molecule has 1 aliphatic rings. The number of hydrogen-bond donors (Lipinski definition) is 2. The summed E-state index contributed by atoms with van der Waals surface area (Å²) in [6.45, 7) is 1.93.